The molecule has 0 unspecified atom stereocenters. The van der Waals surface area contributed by atoms with Gasteiger partial charge in [0.05, 0.1) is 24.3 Å². The lowest BCUT2D eigenvalue weighted by atomic mass is 10.0. The molecule has 39 heavy (non-hydrogen) atoms. The third-order valence-electron chi connectivity index (χ3n) is 6.05. The van der Waals surface area contributed by atoms with E-state index in [1.807, 2.05) is 38.2 Å². The second kappa shape index (κ2) is 12.5. The summed E-state index contributed by atoms with van der Waals surface area (Å²) in [5.74, 6) is 0.712. The van der Waals surface area contributed by atoms with Crippen LogP contribution in [0.3, 0.4) is 0 Å². The van der Waals surface area contributed by atoms with Crippen LogP contribution < -0.4 is 14.8 Å². The Balaban J connectivity index is 1.37. The summed E-state index contributed by atoms with van der Waals surface area (Å²) >= 11 is 1.13. The van der Waals surface area contributed by atoms with E-state index in [4.69, 9.17) is 9.47 Å². The van der Waals surface area contributed by atoms with Crippen LogP contribution in [0, 0.1) is 0 Å². The fourth-order valence-corrected chi connectivity index (χ4v) is 6.23. The summed E-state index contributed by atoms with van der Waals surface area (Å²) in [6, 6.07) is 15.5. The number of hydrogen-bond donors (Lipinski definition) is 5. The van der Waals surface area contributed by atoms with Crippen molar-refractivity contribution in [3.8, 4) is 5.75 Å². The number of anilines is 1. The molecule has 0 fully saturated rings. The number of para-hydroxylation sites is 1. The van der Waals surface area contributed by atoms with Crippen molar-refractivity contribution in [1.82, 2.24) is 10.3 Å². The quantitative estimate of drug-likeness (QED) is 0.112. The molecular weight excluding hydrogens is 538 g/mol. The van der Waals surface area contributed by atoms with Crippen LogP contribution in [0.1, 0.15) is 38.0 Å². The van der Waals surface area contributed by atoms with E-state index in [9.17, 15) is 18.6 Å². The maximum absolute atomic E-state index is 12.5. The monoisotopic (exact) mass is 573 g/mol. The van der Waals surface area contributed by atoms with E-state index < -0.39 is 21.9 Å². The predicted molar refractivity (Wildman–Crippen MR) is 154 cm³/mol. The van der Waals surface area contributed by atoms with Gasteiger partial charge in [-0.1, -0.05) is 30.3 Å². The highest BCUT2D eigenvalue weighted by atomic mass is 32.2. The van der Waals surface area contributed by atoms with Crippen LogP contribution in [0.15, 0.2) is 70.4 Å². The van der Waals surface area contributed by atoms with Crippen LogP contribution in [-0.2, 0) is 21.2 Å². The zero-order chi connectivity index (χ0) is 28.0. The van der Waals surface area contributed by atoms with Crippen LogP contribution in [0.5, 0.6) is 5.75 Å². The fourth-order valence-electron chi connectivity index (χ4n) is 4.19. The largest absolute Gasteiger partial charge is 0.489 e. The van der Waals surface area contributed by atoms with Crippen LogP contribution >= 0.6 is 11.3 Å². The first-order chi connectivity index (χ1) is 18.5. The summed E-state index contributed by atoms with van der Waals surface area (Å²) < 4.78 is 39.2. The van der Waals surface area contributed by atoms with Gasteiger partial charge in [-0.15, -0.1) is 11.3 Å². The Labute approximate surface area is 232 Å². The van der Waals surface area contributed by atoms with Crippen molar-refractivity contribution in [3.63, 3.8) is 0 Å². The minimum absolute atomic E-state index is 0.0562. The number of aromatic amines is 1. The van der Waals surface area contributed by atoms with Gasteiger partial charge in [-0.3, -0.25) is 10.0 Å². The molecule has 4 aromatic rings. The SMILES string of the molecule is CC(C)OCCOc1cccc2c(C[C@](C)(O)NC[C@H](O)c3cccc(NS(=O)(=O)c4cccs4)c3)c[nH]c12. The first-order valence-electron chi connectivity index (χ1n) is 12.7. The van der Waals surface area contributed by atoms with Crippen LogP contribution in [0.25, 0.3) is 10.9 Å². The fraction of sp³-hybridized carbons (Fsp3) is 0.357. The van der Waals surface area contributed by atoms with Gasteiger partial charge in [-0.25, -0.2) is 8.42 Å². The molecule has 5 N–H and O–H groups in total. The zero-order valence-electron chi connectivity index (χ0n) is 22.2. The average molecular weight is 574 g/mol. The number of sulfonamides is 1. The average Bonchev–Trinajstić information content (AvgIpc) is 3.57. The standard InChI is InChI=1S/C28H35N3O6S2/c1-19(2)36-12-13-37-25-10-5-9-23-21(17-29-27(23)25)16-28(3,33)30-18-24(32)20-7-4-8-22(15-20)31-39(34,35)26-11-6-14-38-26/h4-11,14-15,17,19,24,29-33H,12-13,16,18H2,1-3H3/t24-,28-/m0/s1. The van der Waals surface area contributed by atoms with E-state index in [0.717, 1.165) is 27.8 Å². The predicted octanol–water partition coefficient (Wildman–Crippen LogP) is 4.41. The van der Waals surface area contributed by atoms with E-state index in [0.29, 0.717) is 30.2 Å². The Bertz CT molecular complexity index is 1470. The van der Waals surface area contributed by atoms with Gasteiger partial charge in [0.2, 0.25) is 0 Å². The molecule has 2 aromatic heterocycles. The molecule has 210 valence electrons. The van der Waals surface area contributed by atoms with Gasteiger partial charge >= 0.3 is 0 Å². The van der Waals surface area contributed by atoms with Crippen LogP contribution in [0.4, 0.5) is 5.69 Å². The van der Waals surface area contributed by atoms with Crippen molar-refractivity contribution in [1.29, 1.82) is 0 Å². The number of fused-ring (bicyclic) bond motifs is 1. The van der Waals surface area contributed by atoms with Gasteiger partial charge in [0, 0.05) is 30.2 Å². The van der Waals surface area contributed by atoms with Crippen LogP contribution in [-0.4, -0.2) is 55.2 Å². The summed E-state index contributed by atoms with van der Waals surface area (Å²) in [4.78, 5) is 3.25. The minimum Gasteiger partial charge on any atom is -0.489 e. The van der Waals surface area contributed by atoms with Crippen molar-refractivity contribution in [3.05, 3.63) is 77.3 Å². The lowest BCUT2D eigenvalue weighted by Crippen LogP contribution is -2.46. The summed E-state index contributed by atoms with van der Waals surface area (Å²) in [6.45, 7) is 6.58. The van der Waals surface area contributed by atoms with E-state index in [-0.39, 0.29) is 23.3 Å². The molecule has 2 atom stereocenters. The number of rotatable bonds is 14. The second-order valence-corrected chi connectivity index (χ2v) is 12.6. The molecule has 0 aliphatic carbocycles. The molecule has 0 spiro atoms. The maximum Gasteiger partial charge on any atom is 0.271 e. The molecule has 11 heteroatoms. The van der Waals surface area contributed by atoms with Gasteiger partial charge in [0.15, 0.2) is 0 Å². The van der Waals surface area contributed by atoms with Gasteiger partial charge < -0.3 is 24.7 Å². The van der Waals surface area contributed by atoms with Gasteiger partial charge in [0.1, 0.15) is 22.3 Å². The molecule has 0 bridgehead atoms. The molecule has 2 aromatic carbocycles. The molecule has 0 aliphatic rings. The van der Waals surface area contributed by atoms with Gasteiger partial charge in [-0.05, 0) is 61.5 Å². The summed E-state index contributed by atoms with van der Waals surface area (Å²) in [5.41, 5.74) is 1.27. The minimum atomic E-state index is -3.70. The number of aliphatic hydroxyl groups is 2. The van der Waals surface area contributed by atoms with E-state index >= 15 is 0 Å². The van der Waals surface area contributed by atoms with Gasteiger partial charge in [0.25, 0.3) is 10.0 Å². The van der Waals surface area contributed by atoms with E-state index in [1.54, 1.807) is 42.6 Å². The lowest BCUT2D eigenvalue weighted by molar-refractivity contribution is 0.0112. The Hall–Kier alpha value is -2.93. The Morgan fingerprint density at radius 1 is 1.10 bits per heavy atom. The highest BCUT2D eigenvalue weighted by molar-refractivity contribution is 7.94. The number of nitrogens with one attached hydrogen (secondary N) is 3. The van der Waals surface area contributed by atoms with Crippen molar-refractivity contribution in [2.24, 2.45) is 0 Å². The molecular formula is C28H35N3O6S2. The first-order valence-corrected chi connectivity index (χ1v) is 15.1. The number of aromatic nitrogens is 1. The number of ether oxygens (including phenoxy) is 2. The molecule has 0 aliphatic heterocycles. The summed E-state index contributed by atoms with van der Waals surface area (Å²) in [7, 11) is -3.70. The highest BCUT2D eigenvalue weighted by Crippen LogP contribution is 2.29. The van der Waals surface area contributed by atoms with Crippen molar-refractivity contribution in [2.45, 2.75) is 49.3 Å². The molecule has 9 nitrogen and oxygen atoms in total. The van der Waals surface area contributed by atoms with E-state index in [1.165, 1.54) is 6.07 Å². The highest BCUT2D eigenvalue weighted by Gasteiger charge is 2.24. The smallest absolute Gasteiger partial charge is 0.271 e. The molecule has 0 radical (unpaired) electrons. The van der Waals surface area contributed by atoms with Gasteiger partial charge in [-0.2, -0.15) is 0 Å². The van der Waals surface area contributed by atoms with Crippen molar-refractivity contribution in [2.75, 3.05) is 24.5 Å². The number of thiophene rings is 1. The maximum atomic E-state index is 12.5. The molecule has 2 heterocycles. The number of benzene rings is 2. The first kappa shape index (κ1) is 29.1. The number of H-pyrrole nitrogens is 1. The van der Waals surface area contributed by atoms with E-state index in [2.05, 4.69) is 15.0 Å². The van der Waals surface area contributed by atoms with Crippen LogP contribution in [0.2, 0.25) is 0 Å². The van der Waals surface area contributed by atoms with Crippen molar-refractivity contribution >= 4 is 38.0 Å². The third kappa shape index (κ3) is 7.81. The molecule has 0 amide bonds. The Morgan fingerprint density at radius 3 is 2.64 bits per heavy atom. The molecule has 0 saturated carbocycles. The third-order valence-corrected chi connectivity index (χ3v) is 8.83. The Kier molecular flexibility index (Phi) is 9.31. The zero-order valence-corrected chi connectivity index (χ0v) is 23.8. The topological polar surface area (TPSA) is 133 Å². The molecule has 0 saturated heterocycles. The number of hydrogen-bond acceptors (Lipinski definition) is 8. The summed E-state index contributed by atoms with van der Waals surface area (Å²) in [5, 5.41) is 27.5. The Morgan fingerprint density at radius 2 is 1.90 bits per heavy atom. The summed E-state index contributed by atoms with van der Waals surface area (Å²) in [6.07, 6.45) is 1.29. The number of aliphatic hydroxyl groups excluding tert-OH is 1. The second-order valence-electron chi connectivity index (χ2n) is 9.77. The normalized spacial score (nSPS) is 14.4. The van der Waals surface area contributed by atoms with Crippen molar-refractivity contribution < 1.29 is 28.1 Å². The molecule has 4 rings (SSSR count). The lowest BCUT2D eigenvalue weighted by Gasteiger charge is -2.26.